The number of likely N-dealkylation sites (N-methyl/N-ethyl adjacent to an activating group) is 1. The molecule has 2 aromatic rings. The fourth-order valence-electron chi connectivity index (χ4n) is 4.85. The first-order valence-electron chi connectivity index (χ1n) is 13.1. The third-order valence-corrected chi connectivity index (χ3v) is 7.18. The summed E-state index contributed by atoms with van der Waals surface area (Å²) in [6.45, 7) is 11.0. The molecule has 6 heteroatoms. The molecule has 0 saturated carbocycles. The zero-order chi connectivity index (χ0) is 26.7. The highest BCUT2D eigenvalue weighted by Crippen LogP contribution is 2.45. The summed E-state index contributed by atoms with van der Waals surface area (Å²) in [6.07, 6.45) is 5.54. The molecule has 1 fully saturated rings. The van der Waals surface area contributed by atoms with Crippen LogP contribution in [0.25, 0.3) is 0 Å². The molecule has 0 bridgehead atoms. The molecule has 3 atom stereocenters. The second-order valence-corrected chi connectivity index (χ2v) is 9.82. The molecule has 36 heavy (non-hydrogen) atoms. The van der Waals surface area contributed by atoms with E-state index in [1.807, 2.05) is 36.2 Å². The van der Waals surface area contributed by atoms with Crippen LogP contribution in [0.15, 0.2) is 42.5 Å². The molecule has 0 radical (unpaired) electrons. The Hall–Kier alpha value is -2.86. The summed E-state index contributed by atoms with van der Waals surface area (Å²) < 4.78 is 5.22. The van der Waals surface area contributed by atoms with E-state index < -0.39 is 11.9 Å². The van der Waals surface area contributed by atoms with Crippen molar-refractivity contribution in [1.82, 2.24) is 9.80 Å². The van der Waals surface area contributed by atoms with E-state index in [4.69, 9.17) is 4.74 Å². The van der Waals surface area contributed by atoms with Gasteiger partial charge in [-0.15, -0.1) is 0 Å². The van der Waals surface area contributed by atoms with Gasteiger partial charge in [-0.05, 0) is 68.1 Å². The number of nitrogens with zero attached hydrogens (tertiary/aromatic N) is 2. The van der Waals surface area contributed by atoms with Gasteiger partial charge in [-0.25, -0.2) is 0 Å². The zero-order valence-corrected chi connectivity index (χ0v) is 22.9. The number of benzene rings is 2. The van der Waals surface area contributed by atoms with E-state index in [-0.39, 0.29) is 12.0 Å². The number of carbonyl (C=O) groups excluding carboxylic acids is 1. The normalized spacial score (nSPS) is 19.3. The average molecular weight is 497 g/mol. The van der Waals surface area contributed by atoms with Crippen LogP contribution in [0.5, 0.6) is 5.75 Å². The van der Waals surface area contributed by atoms with Crippen LogP contribution in [0.2, 0.25) is 0 Å². The lowest BCUT2D eigenvalue weighted by atomic mass is 9.82. The summed E-state index contributed by atoms with van der Waals surface area (Å²) in [4.78, 5) is 26.6. The number of carbonyl (C=O) groups is 2. The number of rotatable bonds is 11. The van der Waals surface area contributed by atoms with E-state index in [0.717, 1.165) is 68.6 Å². The molecule has 1 heterocycles. The van der Waals surface area contributed by atoms with E-state index in [1.165, 1.54) is 11.1 Å². The molecule has 0 spiro atoms. The second-order valence-electron chi connectivity index (χ2n) is 9.82. The highest BCUT2D eigenvalue weighted by atomic mass is 16.5. The van der Waals surface area contributed by atoms with Gasteiger partial charge in [-0.1, -0.05) is 57.0 Å². The van der Waals surface area contributed by atoms with Crippen LogP contribution in [0.4, 0.5) is 0 Å². The van der Waals surface area contributed by atoms with Crippen LogP contribution < -0.4 is 4.74 Å². The van der Waals surface area contributed by atoms with Gasteiger partial charge in [0.05, 0.1) is 13.0 Å². The van der Waals surface area contributed by atoms with Crippen molar-refractivity contribution in [3.05, 3.63) is 64.7 Å². The van der Waals surface area contributed by atoms with Gasteiger partial charge in [-0.2, -0.15) is 0 Å². The average Bonchev–Trinajstić information content (AvgIpc) is 3.23. The molecule has 2 aromatic carbocycles. The van der Waals surface area contributed by atoms with Crippen LogP contribution in [-0.4, -0.2) is 61.1 Å². The summed E-state index contributed by atoms with van der Waals surface area (Å²) in [7, 11) is 3.64. The number of likely N-dealkylation sites (tertiary alicyclic amines) is 1. The Morgan fingerprint density at radius 1 is 1.03 bits per heavy atom. The third kappa shape index (κ3) is 7.82. The molecule has 0 aliphatic carbocycles. The van der Waals surface area contributed by atoms with Crippen molar-refractivity contribution in [2.45, 2.75) is 65.3 Å². The van der Waals surface area contributed by atoms with Gasteiger partial charge in [0.1, 0.15) is 5.75 Å². The maximum absolute atomic E-state index is 12.1. The highest BCUT2D eigenvalue weighted by Gasteiger charge is 2.45. The molecule has 198 valence electrons. The molecule has 1 amide bonds. The number of carboxylic acid groups (broad SMARTS) is 1. The van der Waals surface area contributed by atoms with Crippen molar-refractivity contribution in [2.24, 2.45) is 5.92 Å². The van der Waals surface area contributed by atoms with Crippen LogP contribution in [-0.2, 0) is 9.59 Å². The van der Waals surface area contributed by atoms with E-state index in [1.54, 1.807) is 7.11 Å². The minimum absolute atomic E-state index is 0.0195. The molecule has 1 aliphatic heterocycles. The standard InChI is InChI=1S/C21H25NO3.C9H19NO/c1-13-5-6-16(11-14(13)2)18-12-22(3)20(19(18)21(23)24)15-7-9-17(25-4)10-8-15;1-3-5-7-10(9-11)8-6-4-2/h5-11,18-20H,12H2,1-4H3,(H,23,24);9H,3-8H2,1-2H3. The summed E-state index contributed by atoms with van der Waals surface area (Å²) in [5.74, 6) is -0.454. The number of ether oxygens (including phenoxy) is 1. The first-order chi connectivity index (χ1) is 17.3. The van der Waals surface area contributed by atoms with Crippen molar-refractivity contribution in [3.63, 3.8) is 0 Å². The Morgan fingerprint density at radius 2 is 1.61 bits per heavy atom. The lowest BCUT2D eigenvalue weighted by Crippen LogP contribution is -2.26. The van der Waals surface area contributed by atoms with Gasteiger partial charge in [0.15, 0.2) is 0 Å². The van der Waals surface area contributed by atoms with Gasteiger partial charge >= 0.3 is 5.97 Å². The number of amides is 1. The molecule has 3 unspecified atom stereocenters. The fourth-order valence-corrected chi connectivity index (χ4v) is 4.85. The van der Waals surface area contributed by atoms with Crippen LogP contribution in [0.1, 0.15) is 73.7 Å². The molecule has 0 aromatic heterocycles. The number of methoxy groups -OCH3 is 1. The summed E-state index contributed by atoms with van der Waals surface area (Å²) in [5.41, 5.74) is 4.56. The van der Waals surface area contributed by atoms with E-state index >= 15 is 0 Å². The van der Waals surface area contributed by atoms with E-state index in [0.29, 0.717) is 0 Å². The highest BCUT2D eigenvalue weighted by molar-refractivity contribution is 5.73. The van der Waals surface area contributed by atoms with Crippen molar-refractivity contribution >= 4 is 12.4 Å². The Balaban J connectivity index is 0.000000352. The molecule has 3 rings (SSSR count). The molecule has 1 aliphatic rings. The summed E-state index contributed by atoms with van der Waals surface area (Å²) >= 11 is 0. The predicted octanol–water partition coefficient (Wildman–Crippen LogP) is 5.83. The number of hydrogen-bond acceptors (Lipinski definition) is 4. The van der Waals surface area contributed by atoms with Gasteiger partial charge in [0, 0.05) is 31.6 Å². The van der Waals surface area contributed by atoms with Gasteiger partial charge in [0.2, 0.25) is 6.41 Å². The predicted molar refractivity (Wildman–Crippen MR) is 146 cm³/mol. The minimum Gasteiger partial charge on any atom is -0.497 e. The zero-order valence-electron chi connectivity index (χ0n) is 22.9. The molecular weight excluding hydrogens is 452 g/mol. The minimum atomic E-state index is -0.742. The maximum atomic E-state index is 12.1. The lowest BCUT2D eigenvalue weighted by molar-refractivity contribution is -0.143. The molecular formula is C30H44N2O4. The molecule has 1 saturated heterocycles. The quantitative estimate of drug-likeness (QED) is 0.397. The second kappa shape index (κ2) is 14.6. The number of aliphatic carboxylic acids is 1. The summed E-state index contributed by atoms with van der Waals surface area (Å²) in [5, 5.41) is 9.97. The Bertz CT molecular complexity index is 952. The Kier molecular flexibility index (Phi) is 11.9. The number of hydrogen-bond donors (Lipinski definition) is 1. The Labute approximate surface area is 217 Å². The number of carboxylic acids is 1. The van der Waals surface area contributed by atoms with Crippen molar-refractivity contribution in [2.75, 3.05) is 33.8 Å². The topological polar surface area (TPSA) is 70.1 Å². The van der Waals surface area contributed by atoms with Crippen LogP contribution in [0, 0.1) is 19.8 Å². The monoisotopic (exact) mass is 496 g/mol. The fraction of sp³-hybridized carbons (Fsp3) is 0.533. The van der Waals surface area contributed by atoms with Gasteiger partial charge in [-0.3, -0.25) is 14.5 Å². The SMILES string of the molecule is CCCCN(C=O)CCCC.COc1ccc(C2C(C(=O)O)C(c3ccc(C)c(C)c3)CN2C)cc1. The molecule has 1 N–H and O–H groups in total. The largest absolute Gasteiger partial charge is 0.497 e. The smallest absolute Gasteiger partial charge is 0.309 e. The third-order valence-electron chi connectivity index (χ3n) is 7.18. The van der Waals surface area contributed by atoms with Crippen LogP contribution >= 0.6 is 0 Å². The first kappa shape index (κ1) is 29.4. The first-order valence-corrected chi connectivity index (χ1v) is 13.1. The van der Waals surface area contributed by atoms with Gasteiger partial charge < -0.3 is 14.7 Å². The van der Waals surface area contributed by atoms with Gasteiger partial charge in [0.25, 0.3) is 0 Å². The lowest BCUT2D eigenvalue weighted by Gasteiger charge is -2.24. The number of unbranched alkanes of at least 4 members (excludes halogenated alkanes) is 2. The van der Waals surface area contributed by atoms with Crippen LogP contribution in [0.3, 0.4) is 0 Å². The van der Waals surface area contributed by atoms with E-state index in [2.05, 4.69) is 50.8 Å². The van der Waals surface area contributed by atoms with Crippen molar-refractivity contribution < 1.29 is 19.4 Å². The molecule has 6 nitrogen and oxygen atoms in total. The maximum Gasteiger partial charge on any atom is 0.309 e. The van der Waals surface area contributed by atoms with E-state index in [9.17, 15) is 14.7 Å². The van der Waals surface area contributed by atoms with Crippen molar-refractivity contribution in [1.29, 1.82) is 0 Å². The Morgan fingerprint density at radius 3 is 2.08 bits per heavy atom. The number of aryl methyl sites for hydroxylation is 2. The van der Waals surface area contributed by atoms with Crippen molar-refractivity contribution in [3.8, 4) is 5.75 Å². The summed E-state index contributed by atoms with van der Waals surface area (Å²) in [6, 6.07) is 13.9.